The fraction of sp³-hybridized carbons (Fsp3) is 0.344. The minimum absolute atomic E-state index is 0.00722. The van der Waals surface area contributed by atoms with Crippen LogP contribution < -0.4 is 5.32 Å². The molecule has 3 aromatic carbocycles. The molecule has 1 fully saturated rings. The Morgan fingerprint density at radius 2 is 1.45 bits per heavy atom. The number of carboxylic acid groups (broad SMARTS) is 1. The number of carboxylic acids is 1. The molecule has 1 saturated heterocycles. The lowest BCUT2D eigenvalue weighted by Crippen LogP contribution is -2.64. The summed E-state index contributed by atoms with van der Waals surface area (Å²) in [4.78, 5) is 31.1. The number of carbonyl (C=O) groups is 2. The summed E-state index contributed by atoms with van der Waals surface area (Å²) in [5, 5.41) is 22.6. The average Bonchev–Trinajstić information content (AvgIpc) is 3.50. The first-order valence-electron chi connectivity index (χ1n) is 14.2. The number of alkyl halides is 8. The van der Waals surface area contributed by atoms with Crippen LogP contribution in [-0.4, -0.2) is 81.6 Å². The third-order valence-electron chi connectivity index (χ3n) is 7.69. The van der Waals surface area contributed by atoms with E-state index in [1.165, 1.54) is 54.6 Å². The molecule has 1 aliphatic heterocycles. The summed E-state index contributed by atoms with van der Waals surface area (Å²) in [6.07, 6.45) is -8.29. The molecule has 0 bridgehead atoms. The maximum absolute atomic E-state index is 14.7. The van der Waals surface area contributed by atoms with E-state index in [1.54, 1.807) is 0 Å². The van der Waals surface area contributed by atoms with Crippen molar-refractivity contribution in [2.45, 2.75) is 61.8 Å². The number of aliphatic hydroxyl groups excluding tert-OH is 1. The summed E-state index contributed by atoms with van der Waals surface area (Å²) in [6, 6.07) is 18.0. The van der Waals surface area contributed by atoms with Crippen molar-refractivity contribution in [3.8, 4) is 0 Å². The quantitative estimate of drug-likeness (QED) is 0.150. The lowest BCUT2D eigenvalue weighted by atomic mass is 9.94. The van der Waals surface area contributed by atoms with E-state index in [0.717, 1.165) is 5.56 Å². The van der Waals surface area contributed by atoms with Gasteiger partial charge in [0, 0.05) is 17.7 Å². The minimum Gasteiger partial charge on any atom is -0.480 e. The third kappa shape index (κ3) is 7.30. The van der Waals surface area contributed by atoms with Crippen LogP contribution in [0.1, 0.15) is 29.5 Å². The lowest BCUT2D eigenvalue weighted by Gasteiger charge is -2.35. The van der Waals surface area contributed by atoms with Crippen molar-refractivity contribution in [1.82, 2.24) is 4.90 Å². The molecule has 3 atom stereocenters. The predicted octanol–water partition coefficient (Wildman–Crippen LogP) is 6.11. The first-order chi connectivity index (χ1) is 22.1. The Labute approximate surface area is 263 Å². The zero-order valence-electron chi connectivity index (χ0n) is 24.3. The minimum atomic E-state index is -6.89. The van der Waals surface area contributed by atoms with Crippen molar-refractivity contribution in [3.63, 3.8) is 0 Å². The Hall–Kier alpha value is -4.37. The van der Waals surface area contributed by atoms with Crippen molar-refractivity contribution in [3.05, 3.63) is 102 Å². The number of para-hydroxylation sites is 1. The van der Waals surface area contributed by atoms with Gasteiger partial charge in [0.2, 0.25) is 5.91 Å². The fourth-order valence-corrected chi connectivity index (χ4v) is 5.18. The number of nitrogens with zero attached hydrogens (tertiary/aromatic N) is 2. The summed E-state index contributed by atoms with van der Waals surface area (Å²) < 4.78 is 110. The van der Waals surface area contributed by atoms with Gasteiger partial charge < -0.3 is 15.5 Å². The first-order valence-corrected chi connectivity index (χ1v) is 14.2. The predicted molar refractivity (Wildman–Crippen MR) is 155 cm³/mol. The van der Waals surface area contributed by atoms with Crippen LogP contribution >= 0.6 is 0 Å². The lowest BCUT2D eigenvalue weighted by molar-refractivity contribution is -0.356. The molecule has 3 aromatic rings. The normalized spacial score (nSPS) is 17.8. The molecule has 1 heterocycles. The molecule has 4 rings (SSSR count). The van der Waals surface area contributed by atoms with E-state index in [9.17, 15) is 54.9 Å². The molecule has 0 aliphatic carbocycles. The van der Waals surface area contributed by atoms with Crippen LogP contribution in [0.2, 0.25) is 0 Å². The van der Waals surface area contributed by atoms with Gasteiger partial charge in [-0.1, -0.05) is 78.9 Å². The van der Waals surface area contributed by atoms with Gasteiger partial charge >= 0.3 is 30.2 Å². The highest BCUT2D eigenvalue weighted by Gasteiger charge is 2.78. The molecule has 1 aliphatic rings. The molecule has 0 unspecified atom stereocenters. The highest BCUT2D eigenvalue weighted by Crippen LogP contribution is 2.50. The fourth-order valence-electron chi connectivity index (χ4n) is 5.18. The van der Waals surface area contributed by atoms with Gasteiger partial charge in [0.05, 0.1) is 17.4 Å². The van der Waals surface area contributed by atoms with E-state index in [4.69, 9.17) is 0 Å². The highest BCUT2D eigenvalue weighted by atomic mass is 19.4. The van der Waals surface area contributed by atoms with Crippen LogP contribution in [0.15, 0.2) is 89.9 Å². The second-order valence-corrected chi connectivity index (χ2v) is 10.8. The van der Waals surface area contributed by atoms with Crippen molar-refractivity contribution < 1.29 is 54.9 Å². The highest BCUT2D eigenvalue weighted by molar-refractivity contribution is 6.17. The summed E-state index contributed by atoms with van der Waals surface area (Å²) in [5.74, 6) is -22.9. The van der Waals surface area contributed by atoms with Gasteiger partial charge in [-0.3, -0.25) is 14.7 Å². The first kappa shape index (κ1) is 35.5. The number of aliphatic carboxylic acids is 1. The van der Waals surface area contributed by atoms with E-state index in [1.807, 2.05) is 35.2 Å². The van der Waals surface area contributed by atoms with Crippen LogP contribution in [0.5, 0.6) is 0 Å². The van der Waals surface area contributed by atoms with E-state index in [-0.39, 0.29) is 16.8 Å². The molecular formula is C32H29F8N3O4. The molecule has 0 aromatic heterocycles. The second-order valence-electron chi connectivity index (χ2n) is 10.8. The average molecular weight is 672 g/mol. The standard InChI is InChI=1S/C32H29F8N3O4/c33-29(34)31(37,38)32(39,40)30(35,36)26(44)25(28(46)47)42-24(20-12-5-2-6-13-20)21-14-7-8-15-22(21)41-27(45)23-16-9-17-43(23)18-19-10-3-1-4-11-19/h1-8,10-15,23,25-26,29,44H,9,16-18H2,(H,41,45)(H,46,47)/t23-,25-,26+/m0/s1. The van der Waals surface area contributed by atoms with Crippen LogP contribution in [0.25, 0.3) is 0 Å². The summed E-state index contributed by atoms with van der Waals surface area (Å²) in [6.45, 7) is 1.06. The molecule has 0 saturated carbocycles. The summed E-state index contributed by atoms with van der Waals surface area (Å²) in [5.41, 5.74) is 0.322. The van der Waals surface area contributed by atoms with Gasteiger partial charge in [-0.25, -0.2) is 13.6 Å². The zero-order valence-corrected chi connectivity index (χ0v) is 24.3. The Kier molecular flexibility index (Phi) is 10.7. The molecule has 15 heteroatoms. The number of carbonyl (C=O) groups excluding carboxylic acids is 1. The number of hydrogen-bond donors (Lipinski definition) is 3. The SMILES string of the molecule is O=C(O)[C@@H](N=C(c1ccccc1)c1ccccc1NC(=O)[C@@H]1CCCN1Cc1ccccc1)[C@@H](O)C(F)(F)C(F)(F)C(F)(F)C(F)F. The number of rotatable bonds is 13. The molecule has 0 spiro atoms. The number of anilines is 1. The number of aliphatic hydroxyl groups is 1. The Morgan fingerprint density at radius 1 is 0.872 bits per heavy atom. The van der Waals surface area contributed by atoms with Gasteiger partial charge in [0.15, 0.2) is 12.1 Å². The van der Waals surface area contributed by atoms with Crippen molar-refractivity contribution >= 4 is 23.3 Å². The molecule has 3 N–H and O–H groups in total. The number of nitrogens with one attached hydrogen (secondary N) is 1. The number of aliphatic imine (C=N–C) groups is 1. The molecule has 47 heavy (non-hydrogen) atoms. The van der Waals surface area contributed by atoms with Crippen molar-refractivity contribution in [2.75, 3.05) is 11.9 Å². The molecule has 0 radical (unpaired) electrons. The number of likely N-dealkylation sites (tertiary alicyclic amines) is 1. The number of halogens is 8. The van der Waals surface area contributed by atoms with Gasteiger partial charge in [0.25, 0.3) is 0 Å². The molecular weight excluding hydrogens is 642 g/mol. The zero-order chi connectivity index (χ0) is 34.6. The second kappa shape index (κ2) is 14.2. The van der Waals surface area contributed by atoms with E-state index in [0.29, 0.717) is 25.9 Å². The number of amides is 1. The smallest absolute Gasteiger partial charge is 0.380 e. The van der Waals surface area contributed by atoms with Gasteiger partial charge in [-0.2, -0.15) is 26.3 Å². The Morgan fingerprint density at radius 3 is 2.04 bits per heavy atom. The van der Waals surface area contributed by atoms with E-state index >= 15 is 0 Å². The van der Waals surface area contributed by atoms with E-state index < -0.39 is 60.0 Å². The van der Waals surface area contributed by atoms with Gasteiger partial charge in [-0.05, 0) is 31.0 Å². The topological polar surface area (TPSA) is 102 Å². The van der Waals surface area contributed by atoms with Gasteiger partial charge in [0.1, 0.15) is 0 Å². The maximum atomic E-state index is 14.7. The number of hydrogen-bond acceptors (Lipinski definition) is 5. The summed E-state index contributed by atoms with van der Waals surface area (Å²) in [7, 11) is 0. The van der Waals surface area contributed by atoms with Crippen LogP contribution in [0, 0.1) is 0 Å². The molecule has 1 amide bonds. The Bertz CT molecular complexity index is 1570. The summed E-state index contributed by atoms with van der Waals surface area (Å²) >= 11 is 0. The van der Waals surface area contributed by atoms with Crippen LogP contribution in [-0.2, 0) is 16.1 Å². The molecule has 252 valence electrons. The van der Waals surface area contributed by atoms with Crippen molar-refractivity contribution in [1.29, 1.82) is 0 Å². The van der Waals surface area contributed by atoms with Gasteiger partial charge in [-0.15, -0.1) is 0 Å². The maximum Gasteiger partial charge on any atom is 0.380 e. The third-order valence-corrected chi connectivity index (χ3v) is 7.69. The van der Waals surface area contributed by atoms with Crippen LogP contribution in [0.4, 0.5) is 40.8 Å². The number of benzene rings is 3. The van der Waals surface area contributed by atoms with Crippen molar-refractivity contribution in [2.24, 2.45) is 4.99 Å². The monoisotopic (exact) mass is 671 g/mol. The Balaban J connectivity index is 1.74. The van der Waals surface area contributed by atoms with E-state index in [2.05, 4.69) is 10.3 Å². The van der Waals surface area contributed by atoms with Crippen LogP contribution in [0.3, 0.4) is 0 Å². The molecule has 7 nitrogen and oxygen atoms in total. The largest absolute Gasteiger partial charge is 0.480 e.